The fraction of sp³-hybridized carbons (Fsp3) is 0.211. The van der Waals surface area contributed by atoms with Crippen LogP contribution in [0.4, 0.5) is 5.69 Å². The van der Waals surface area contributed by atoms with Crippen molar-refractivity contribution in [2.75, 3.05) is 12.4 Å². The molecule has 0 spiro atoms. The second-order valence-electron chi connectivity index (χ2n) is 5.58. The van der Waals surface area contributed by atoms with Gasteiger partial charge in [-0.2, -0.15) is 5.10 Å². The number of aryl methyl sites for hydroxylation is 1. The Labute approximate surface area is 146 Å². The molecule has 25 heavy (non-hydrogen) atoms. The van der Waals surface area contributed by atoms with Crippen LogP contribution in [0.5, 0.6) is 5.75 Å². The Morgan fingerprint density at radius 2 is 1.68 bits per heavy atom. The lowest BCUT2D eigenvalue weighted by Gasteiger charge is -2.11. The van der Waals surface area contributed by atoms with Gasteiger partial charge in [-0.1, -0.05) is 29.8 Å². The van der Waals surface area contributed by atoms with Crippen LogP contribution >= 0.6 is 0 Å². The van der Waals surface area contributed by atoms with Gasteiger partial charge in [0, 0.05) is 5.69 Å². The Morgan fingerprint density at radius 1 is 1.04 bits per heavy atom. The highest BCUT2D eigenvalue weighted by Crippen LogP contribution is 2.15. The molecule has 2 rings (SSSR count). The van der Waals surface area contributed by atoms with Gasteiger partial charge in [-0.3, -0.25) is 9.59 Å². The smallest absolute Gasteiger partial charge is 0.252 e. The molecule has 6 heteroatoms. The molecule has 6 nitrogen and oxygen atoms in total. The zero-order valence-corrected chi connectivity index (χ0v) is 14.4. The number of amides is 2. The van der Waals surface area contributed by atoms with E-state index in [-0.39, 0.29) is 0 Å². The van der Waals surface area contributed by atoms with Gasteiger partial charge in [0.2, 0.25) is 5.91 Å². The zero-order chi connectivity index (χ0) is 18.2. The number of carbonyl (C=O) groups excluding carboxylic acids is 2. The molecule has 0 aliphatic rings. The van der Waals surface area contributed by atoms with E-state index in [1.807, 2.05) is 31.2 Å². The Hall–Kier alpha value is -3.15. The van der Waals surface area contributed by atoms with E-state index in [9.17, 15) is 9.59 Å². The minimum atomic E-state index is -0.878. The molecule has 2 amide bonds. The molecule has 0 aliphatic heterocycles. The van der Waals surface area contributed by atoms with Crippen molar-refractivity contribution in [2.45, 2.75) is 13.8 Å². The Morgan fingerprint density at radius 3 is 2.28 bits per heavy atom. The van der Waals surface area contributed by atoms with Crippen LogP contribution in [0.1, 0.15) is 18.1 Å². The van der Waals surface area contributed by atoms with Crippen molar-refractivity contribution < 1.29 is 14.3 Å². The molecule has 0 saturated carbocycles. The summed E-state index contributed by atoms with van der Waals surface area (Å²) in [5.74, 6) is -1.07. The topological polar surface area (TPSA) is 79.8 Å². The first-order valence-electron chi connectivity index (χ1n) is 7.84. The number of hydrogen-bond acceptors (Lipinski definition) is 4. The highest BCUT2D eigenvalue weighted by molar-refractivity contribution is 6.06. The maximum absolute atomic E-state index is 12.1. The molecule has 0 fully saturated rings. The Balaban J connectivity index is 1.87. The lowest BCUT2D eigenvalue weighted by molar-refractivity contribution is -0.131. The molecule has 1 atom stereocenters. The van der Waals surface area contributed by atoms with Crippen molar-refractivity contribution in [1.82, 2.24) is 5.43 Å². The lowest BCUT2D eigenvalue weighted by atomic mass is 10.1. The van der Waals surface area contributed by atoms with Gasteiger partial charge in [0.1, 0.15) is 11.7 Å². The first-order chi connectivity index (χ1) is 12.0. The van der Waals surface area contributed by atoms with E-state index in [0.29, 0.717) is 11.4 Å². The number of rotatable bonds is 6. The molecule has 0 saturated heterocycles. The summed E-state index contributed by atoms with van der Waals surface area (Å²) in [5.41, 5.74) is 4.98. The first kappa shape index (κ1) is 18.2. The fourth-order valence-electron chi connectivity index (χ4n) is 1.96. The fourth-order valence-corrected chi connectivity index (χ4v) is 1.96. The number of nitrogens with one attached hydrogen (secondary N) is 2. The number of hydrazone groups is 1. The monoisotopic (exact) mass is 339 g/mol. The van der Waals surface area contributed by atoms with E-state index in [4.69, 9.17) is 4.74 Å². The molecule has 2 aromatic carbocycles. The maximum Gasteiger partial charge on any atom is 0.252 e. The molecule has 0 aliphatic carbocycles. The van der Waals surface area contributed by atoms with Gasteiger partial charge in [-0.25, -0.2) is 5.43 Å². The average molecular weight is 339 g/mol. The lowest BCUT2D eigenvalue weighted by Crippen LogP contribution is -2.34. The van der Waals surface area contributed by atoms with Crippen molar-refractivity contribution in [3.05, 3.63) is 59.7 Å². The van der Waals surface area contributed by atoms with Gasteiger partial charge in [-0.05, 0) is 43.7 Å². The Bertz CT molecular complexity index is 752. The minimum absolute atomic E-state index is 0.409. The third kappa shape index (κ3) is 5.46. The van der Waals surface area contributed by atoms with Gasteiger partial charge in [-0.15, -0.1) is 0 Å². The Kier molecular flexibility index (Phi) is 6.28. The standard InChI is InChI=1S/C19H21N3O3/c1-13-4-6-15(7-5-13)12-20-22-19(24)14(2)18(23)21-16-8-10-17(25-3)11-9-16/h4-12,14H,1-3H3,(H,21,23)(H,22,24). The largest absolute Gasteiger partial charge is 0.497 e. The number of carbonyl (C=O) groups is 2. The molecule has 0 heterocycles. The molecule has 0 radical (unpaired) electrons. The van der Waals surface area contributed by atoms with Gasteiger partial charge >= 0.3 is 0 Å². The number of anilines is 1. The van der Waals surface area contributed by atoms with Gasteiger partial charge in [0.05, 0.1) is 13.3 Å². The van der Waals surface area contributed by atoms with E-state index in [2.05, 4.69) is 15.8 Å². The van der Waals surface area contributed by atoms with E-state index >= 15 is 0 Å². The summed E-state index contributed by atoms with van der Waals surface area (Å²) in [6.45, 7) is 3.52. The number of ether oxygens (including phenoxy) is 1. The molecule has 0 aromatic heterocycles. The first-order valence-corrected chi connectivity index (χ1v) is 7.84. The summed E-state index contributed by atoms with van der Waals surface area (Å²) in [7, 11) is 1.57. The predicted octanol–water partition coefficient (Wildman–Crippen LogP) is 2.73. The molecule has 1 unspecified atom stereocenters. The molecule has 0 bridgehead atoms. The van der Waals surface area contributed by atoms with E-state index in [0.717, 1.165) is 11.1 Å². The van der Waals surface area contributed by atoms with E-state index < -0.39 is 17.7 Å². The van der Waals surface area contributed by atoms with Crippen LogP contribution in [0.15, 0.2) is 53.6 Å². The molecule has 2 aromatic rings. The van der Waals surface area contributed by atoms with Gasteiger partial charge in [0.15, 0.2) is 0 Å². The molecule has 2 N–H and O–H groups in total. The second-order valence-corrected chi connectivity index (χ2v) is 5.58. The van der Waals surface area contributed by atoms with Gasteiger partial charge < -0.3 is 10.1 Å². The van der Waals surface area contributed by atoms with Crippen LogP contribution in [0.3, 0.4) is 0 Å². The van der Waals surface area contributed by atoms with Crippen LogP contribution in [-0.2, 0) is 9.59 Å². The number of hydrogen-bond donors (Lipinski definition) is 2. The van der Waals surface area contributed by atoms with E-state index in [1.165, 1.54) is 13.1 Å². The number of methoxy groups -OCH3 is 1. The normalized spacial score (nSPS) is 11.8. The van der Waals surface area contributed by atoms with Crippen LogP contribution in [0.2, 0.25) is 0 Å². The zero-order valence-electron chi connectivity index (χ0n) is 14.4. The van der Waals surface area contributed by atoms with Crippen molar-refractivity contribution in [3.63, 3.8) is 0 Å². The molecule has 130 valence electrons. The van der Waals surface area contributed by atoms with Crippen LogP contribution < -0.4 is 15.5 Å². The summed E-state index contributed by atoms with van der Waals surface area (Å²) in [6, 6.07) is 14.6. The van der Waals surface area contributed by atoms with Crippen LogP contribution in [0, 0.1) is 12.8 Å². The maximum atomic E-state index is 12.1. The molecular formula is C19H21N3O3. The van der Waals surface area contributed by atoms with Crippen molar-refractivity contribution in [3.8, 4) is 5.75 Å². The third-order valence-electron chi connectivity index (χ3n) is 3.61. The highest BCUT2D eigenvalue weighted by Gasteiger charge is 2.21. The summed E-state index contributed by atoms with van der Waals surface area (Å²) in [4.78, 5) is 24.1. The van der Waals surface area contributed by atoms with E-state index in [1.54, 1.807) is 31.4 Å². The summed E-state index contributed by atoms with van der Waals surface area (Å²) < 4.78 is 5.05. The van der Waals surface area contributed by atoms with Crippen molar-refractivity contribution in [1.29, 1.82) is 0 Å². The third-order valence-corrected chi connectivity index (χ3v) is 3.61. The minimum Gasteiger partial charge on any atom is -0.497 e. The molecular weight excluding hydrogens is 318 g/mol. The van der Waals surface area contributed by atoms with Gasteiger partial charge in [0.25, 0.3) is 5.91 Å². The SMILES string of the molecule is COc1ccc(NC(=O)C(C)C(=O)NN=Cc2ccc(C)cc2)cc1. The number of nitrogens with zero attached hydrogens (tertiary/aromatic N) is 1. The van der Waals surface area contributed by atoms with Crippen LogP contribution in [0.25, 0.3) is 0 Å². The van der Waals surface area contributed by atoms with Crippen LogP contribution in [-0.4, -0.2) is 25.1 Å². The van der Waals surface area contributed by atoms with Crippen molar-refractivity contribution in [2.24, 2.45) is 11.0 Å². The summed E-state index contributed by atoms with van der Waals surface area (Å²) in [5, 5.41) is 6.56. The highest BCUT2D eigenvalue weighted by atomic mass is 16.5. The second kappa shape index (κ2) is 8.63. The predicted molar refractivity (Wildman–Crippen MR) is 97.7 cm³/mol. The summed E-state index contributed by atoms with van der Waals surface area (Å²) >= 11 is 0. The average Bonchev–Trinajstić information content (AvgIpc) is 2.63. The summed E-state index contributed by atoms with van der Waals surface area (Å²) in [6.07, 6.45) is 1.53. The quantitative estimate of drug-likeness (QED) is 0.482. The van der Waals surface area contributed by atoms with Crippen molar-refractivity contribution >= 4 is 23.7 Å². The number of benzene rings is 2.